The SMILES string of the molecule is C=CCn1c(=O)c2cnc(Nc3ccc(N4CC(N5CCN(c6cccc7c6CN(C6CCC(=O)NC6=O)C7=O)CC5)C4)cc3)nc2n1-c1ccc2c(n1)[C@@](O)(CC)CC2. The maximum Gasteiger partial charge on any atom is 0.278 e. The summed E-state index contributed by atoms with van der Waals surface area (Å²) in [4.78, 5) is 74.3. The molecule has 2 aromatic carbocycles. The van der Waals surface area contributed by atoms with E-state index in [2.05, 4.69) is 55.1 Å². The fraction of sp³-hybridized carbons (Fsp3) is 0.386. The number of imide groups is 1. The summed E-state index contributed by atoms with van der Waals surface area (Å²) in [5.41, 5.74) is 5.41. The number of amides is 3. The van der Waals surface area contributed by atoms with E-state index in [0.29, 0.717) is 65.9 Å². The molecule has 3 aromatic heterocycles. The molecule has 5 aromatic rings. The smallest absolute Gasteiger partial charge is 0.278 e. The van der Waals surface area contributed by atoms with Crippen LogP contribution in [0.5, 0.6) is 0 Å². The van der Waals surface area contributed by atoms with Crippen LogP contribution in [-0.2, 0) is 34.7 Å². The fourth-order valence-electron chi connectivity index (χ4n) is 9.59. The third-order valence-electron chi connectivity index (χ3n) is 13.1. The van der Waals surface area contributed by atoms with Crippen LogP contribution in [0.3, 0.4) is 0 Å². The first kappa shape index (κ1) is 37.9. The number of pyridine rings is 1. The molecule has 3 N–H and O–H groups in total. The Morgan fingerprint density at radius 2 is 1.77 bits per heavy atom. The summed E-state index contributed by atoms with van der Waals surface area (Å²) in [5.74, 6) is 0.0106. The summed E-state index contributed by atoms with van der Waals surface area (Å²) in [6.07, 6.45) is 5.70. The number of nitrogens with one attached hydrogen (secondary N) is 2. The van der Waals surface area contributed by atoms with Gasteiger partial charge in [-0.2, -0.15) is 4.98 Å². The number of piperazine rings is 1. The molecule has 308 valence electrons. The van der Waals surface area contributed by atoms with E-state index in [1.807, 2.05) is 43.3 Å². The number of allylic oxidation sites excluding steroid dienone is 1. The molecule has 2 atom stereocenters. The van der Waals surface area contributed by atoms with Crippen LogP contribution in [0.4, 0.5) is 23.0 Å². The van der Waals surface area contributed by atoms with Gasteiger partial charge in [-0.05, 0) is 73.7 Å². The fourth-order valence-corrected chi connectivity index (χ4v) is 9.59. The maximum atomic E-state index is 13.5. The second-order valence-corrected chi connectivity index (χ2v) is 16.4. The van der Waals surface area contributed by atoms with Crippen LogP contribution in [0.15, 0.2) is 78.2 Å². The van der Waals surface area contributed by atoms with Crippen LogP contribution in [0.25, 0.3) is 16.9 Å². The van der Waals surface area contributed by atoms with Crippen molar-refractivity contribution < 1.29 is 19.5 Å². The number of nitrogens with zero attached hydrogens (tertiary/aromatic N) is 9. The van der Waals surface area contributed by atoms with E-state index in [1.54, 1.807) is 15.7 Å². The van der Waals surface area contributed by atoms with Crippen molar-refractivity contribution in [1.29, 1.82) is 0 Å². The van der Waals surface area contributed by atoms with Gasteiger partial charge in [-0.25, -0.2) is 19.3 Å². The van der Waals surface area contributed by atoms with Crippen LogP contribution in [-0.4, -0.2) is 108 Å². The normalized spacial score (nSPS) is 21.9. The third-order valence-corrected chi connectivity index (χ3v) is 13.1. The highest BCUT2D eigenvalue weighted by molar-refractivity contribution is 6.06. The molecule has 4 aliphatic heterocycles. The summed E-state index contributed by atoms with van der Waals surface area (Å²) in [6.45, 7) is 11.8. The van der Waals surface area contributed by atoms with Crippen molar-refractivity contribution in [3.05, 3.63) is 106 Å². The molecule has 7 heterocycles. The molecular formula is C44H47N11O5. The Balaban J connectivity index is 0.776. The molecule has 0 spiro atoms. The number of anilines is 4. The molecule has 3 fully saturated rings. The van der Waals surface area contributed by atoms with Gasteiger partial charge in [0.1, 0.15) is 17.0 Å². The Labute approximate surface area is 346 Å². The first-order valence-corrected chi connectivity index (χ1v) is 20.8. The number of carbonyl (C=O) groups is 3. The average Bonchev–Trinajstić information content (AvgIpc) is 3.86. The number of carbonyl (C=O) groups excluding carboxylic acids is 3. The van der Waals surface area contributed by atoms with Crippen LogP contribution in [0.1, 0.15) is 59.8 Å². The lowest BCUT2D eigenvalue weighted by Gasteiger charge is -2.49. The van der Waals surface area contributed by atoms with Gasteiger partial charge in [-0.1, -0.05) is 25.1 Å². The average molecular weight is 810 g/mol. The van der Waals surface area contributed by atoms with Gasteiger partial charge < -0.3 is 25.1 Å². The van der Waals surface area contributed by atoms with Gasteiger partial charge in [-0.15, -0.1) is 6.58 Å². The molecule has 0 radical (unpaired) electrons. The second-order valence-electron chi connectivity index (χ2n) is 16.4. The number of fused-ring (bicyclic) bond motifs is 3. The molecule has 10 rings (SSSR count). The minimum Gasteiger partial charge on any atom is -0.384 e. The number of aromatic nitrogens is 5. The largest absolute Gasteiger partial charge is 0.384 e. The van der Waals surface area contributed by atoms with Crippen molar-refractivity contribution in [1.82, 2.24) is 39.4 Å². The Kier molecular flexibility index (Phi) is 9.28. The van der Waals surface area contributed by atoms with Gasteiger partial charge in [0.25, 0.3) is 11.5 Å². The maximum absolute atomic E-state index is 13.5. The zero-order chi connectivity index (χ0) is 41.3. The lowest BCUT2D eigenvalue weighted by Crippen LogP contribution is -2.63. The topological polar surface area (TPSA) is 174 Å². The van der Waals surface area contributed by atoms with Crippen LogP contribution in [0.2, 0.25) is 0 Å². The summed E-state index contributed by atoms with van der Waals surface area (Å²) in [6, 6.07) is 17.7. The molecule has 0 bridgehead atoms. The molecule has 60 heavy (non-hydrogen) atoms. The summed E-state index contributed by atoms with van der Waals surface area (Å²) in [7, 11) is 0. The standard InChI is InChI=1S/C44H47N11O5/c1-3-18-54-42(59)32-23-45-43(49-39(32)55(54)36-14-8-27-16-17-44(60,4-2)38(27)47-36)46-28-9-11-29(12-10-28)52-24-30(25-52)50-19-21-51(22-20-50)34-7-5-6-31-33(34)26-53(41(31)58)35-13-15-37(56)48-40(35)57/h3,5-12,14,23,30,35,60H,1,4,13,15-22,24-26H2,2H3,(H,45,46,49)(H,48,56,57)/t35?,44-/m1/s1. The third kappa shape index (κ3) is 6.32. The predicted molar refractivity (Wildman–Crippen MR) is 226 cm³/mol. The monoisotopic (exact) mass is 809 g/mol. The lowest BCUT2D eigenvalue weighted by molar-refractivity contribution is -0.136. The molecule has 0 saturated carbocycles. The molecule has 16 nitrogen and oxygen atoms in total. The van der Waals surface area contributed by atoms with Crippen molar-refractivity contribution in [3.8, 4) is 5.82 Å². The number of hydrogen-bond acceptors (Lipinski definition) is 12. The van der Waals surface area contributed by atoms with Crippen molar-refractivity contribution in [2.24, 2.45) is 0 Å². The lowest BCUT2D eigenvalue weighted by atomic mass is 9.98. The van der Waals surface area contributed by atoms with Crippen LogP contribution >= 0.6 is 0 Å². The number of benzene rings is 2. The summed E-state index contributed by atoms with van der Waals surface area (Å²) in [5, 5.41) is 17.3. The molecule has 1 unspecified atom stereocenters. The van der Waals surface area contributed by atoms with Gasteiger partial charge >= 0.3 is 0 Å². The first-order valence-electron chi connectivity index (χ1n) is 20.8. The predicted octanol–water partition coefficient (Wildman–Crippen LogP) is 3.22. The van der Waals surface area contributed by atoms with Crippen molar-refractivity contribution >= 4 is 51.8 Å². The van der Waals surface area contributed by atoms with E-state index < -0.39 is 17.6 Å². The molecule has 5 aliphatic rings. The van der Waals surface area contributed by atoms with E-state index >= 15 is 0 Å². The van der Waals surface area contributed by atoms with Crippen LogP contribution in [0, 0.1) is 0 Å². The van der Waals surface area contributed by atoms with E-state index in [9.17, 15) is 24.3 Å². The first-order chi connectivity index (χ1) is 29.1. The highest BCUT2D eigenvalue weighted by Gasteiger charge is 2.41. The van der Waals surface area contributed by atoms with Crippen LogP contribution < -0.4 is 26.0 Å². The number of piperidine rings is 1. The zero-order valence-electron chi connectivity index (χ0n) is 33.5. The highest BCUT2D eigenvalue weighted by Crippen LogP contribution is 2.39. The van der Waals surface area contributed by atoms with Gasteiger partial charge in [-0.3, -0.25) is 29.4 Å². The number of aryl methyl sites for hydroxylation is 1. The Bertz CT molecular complexity index is 2630. The minimum absolute atomic E-state index is 0.147. The zero-order valence-corrected chi connectivity index (χ0v) is 33.5. The molecular weight excluding hydrogens is 763 g/mol. The van der Waals surface area contributed by atoms with E-state index in [0.717, 1.165) is 73.9 Å². The number of aliphatic hydroxyl groups is 1. The number of rotatable bonds is 10. The second kappa shape index (κ2) is 14.7. The Morgan fingerprint density at radius 3 is 2.52 bits per heavy atom. The molecule has 3 amide bonds. The van der Waals surface area contributed by atoms with Crippen molar-refractivity contribution in [2.45, 2.75) is 69.8 Å². The van der Waals surface area contributed by atoms with Crippen molar-refractivity contribution in [3.63, 3.8) is 0 Å². The Morgan fingerprint density at radius 1 is 0.967 bits per heavy atom. The summed E-state index contributed by atoms with van der Waals surface area (Å²) >= 11 is 0. The number of hydrogen-bond donors (Lipinski definition) is 3. The molecule has 3 saturated heterocycles. The van der Waals surface area contributed by atoms with Crippen molar-refractivity contribution in [2.75, 3.05) is 54.4 Å². The van der Waals surface area contributed by atoms with E-state index in [4.69, 9.17) is 9.97 Å². The minimum atomic E-state index is -1.00. The van der Waals surface area contributed by atoms with E-state index in [1.165, 1.54) is 10.9 Å². The van der Waals surface area contributed by atoms with Gasteiger partial charge in [0.2, 0.25) is 17.8 Å². The van der Waals surface area contributed by atoms with Gasteiger partial charge in [0.15, 0.2) is 11.5 Å². The molecule has 16 heteroatoms. The van der Waals surface area contributed by atoms with E-state index in [-0.39, 0.29) is 30.3 Å². The highest BCUT2D eigenvalue weighted by atomic mass is 16.3. The quantitative estimate of drug-likeness (QED) is 0.139. The van der Waals surface area contributed by atoms with Gasteiger partial charge in [0.05, 0.1) is 12.2 Å². The summed E-state index contributed by atoms with van der Waals surface area (Å²) < 4.78 is 3.23. The molecule has 1 aliphatic carbocycles. The van der Waals surface area contributed by atoms with Gasteiger partial charge in [0, 0.05) is 92.7 Å². The Hall–Kier alpha value is -6.39.